The van der Waals surface area contributed by atoms with Crippen LogP contribution in [0.15, 0.2) is 47.0 Å². The van der Waals surface area contributed by atoms with Gasteiger partial charge in [-0.15, -0.1) is 0 Å². The number of oxazole rings is 1. The molecule has 2 aromatic carbocycles. The minimum absolute atomic E-state index is 0.0384. The molecule has 0 atom stereocenters. The maximum absolute atomic E-state index is 13.8. The number of benzene rings is 2. The molecule has 1 aliphatic carbocycles. The van der Waals surface area contributed by atoms with E-state index in [0.29, 0.717) is 5.56 Å². The minimum atomic E-state index is -0.761. The number of halogens is 2. The second-order valence-electron chi connectivity index (χ2n) is 7.52. The van der Waals surface area contributed by atoms with Crippen LogP contribution < -0.4 is 0 Å². The normalized spacial score (nSPS) is 13.0. The smallest absolute Gasteiger partial charge is 0.306 e. The third-order valence-electron chi connectivity index (χ3n) is 5.33. The summed E-state index contributed by atoms with van der Waals surface area (Å²) in [5.41, 5.74) is 3.11. The van der Waals surface area contributed by atoms with E-state index in [0.717, 1.165) is 31.4 Å². The van der Waals surface area contributed by atoms with E-state index in [9.17, 15) is 18.4 Å². The number of fused-ring (bicyclic) bond motifs is 1. The standard InChI is InChI=1S/C24H21F2NO4/c25-18-7-8-19(20(26)12-18)22-13-27-23(31-22)9-10-24(29)30-14-21(28)17-6-5-15-3-1-2-4-16(15)11-17/h5-8,11-13H,1-4,9-10,14H2. The van der Waals surface area contributed by atoms with E-state index in [1.165, 1.54) is 29.8 Å². The van der Waals surface area contributed by atoms with Crippen molar-refractivity contribution in [2.75, 3.05) is 6.61 Å². The van der Waals surface area contributed by atoms with Gasteiger partial charge in [0, 0.05) is 18.1 Å². The molecule has 5 nitrogen and oxygen atoms in total. The van der Waals surface area contributed by atoms with E-state index in [4.69, 9.17) is 9.15 Å². The quantitative estimate of drug-likeness (QED) is 0.400. The molecule has 0 bridgehead atoms. The summed E-state index contributed by atoms with van der Waals surface area (Å²) < 4.78 is 37.4. The van der Waals surface area contributed by atoms with Gasteiger partial charge in [-0.05, 0) is 55.0 Å². The topological polar surface area (TPSA) is 69.4 Å². The number of nitrogens with zero attached hydrogens (tertiary/aromatic N) is 1. The number of hydrogen-bond donors (Lipinski definition) is 0. The van der Waals surface area contributed by atoms with Gasteiger partial charge in [-0.1, -0.05) is 12.1 Å². The lowest BCUT2D eigenvalue weighted by Crippen LogP contribution is -2.15. The van der Waals surface area contributed by atoms with Crippen molar-refractivity contribution >= 4 is 11.8 Å². The number of ether oxygens (including phenoxy) is 1. The van der Waals surface area contributed by atoms with Gasteiger partial charge in [0.25, 0.3) is 0 Å². The van der Waals surface area contributed by atoms with Crippen LogP contribution in [-0.2, 0) is 28.8 Å². The van der Waals surface area contributed by atoms with Gasteiger partial charge in [0.05, 0.1) is 18.2 Å². The third kappa shape index (κ3) is 5.05. The molecule has 160 valence electrons. The fraction of sp³-hybridized carbons (Fsp3) is 0.292. The van der Waals surface area contributed by atoms with Crippen molar-refractivity contribution < 1.29 is 27.5 Å². The van der Waals surface area contributed by atoms with Crippen LogP contribution in [0.5, 0.6) is 0 Å². The predicted molar refractivity (Wildman–Crippen MR) is 109 cm³/mol. The van der Waals surface area contributed by atoms with Crippen LogP contribution >= 0.6 is 0 Å². The number of hydrogen-bond acceptors (Lipinski definition) is 5. The van der Waals surface area contributed by atoms with Crippen molar-refractivity contribution in [3.8, 4) is 11.3 Å². The van der Waals surface area contributed by atoms with E-state index in [2.05, 4.69) is 4.98 Å². The van der Waals surface area contributed by atoms with Crippen molar-refractivity contribution in [1.82, 2.24) is 4.98 Å². The summed E-state index contributed by atoms with van der Waals surface area (Å²) in [6.45, 7) is -0.324. The first kappa shape index (κ1) is 20.9. The summed E-state index contributed by atoms with van der Waals surface area (Å²) in [6, 6.07) is 8.80. The summed E-state index contributed by atoms with van der Waals surface area (Å²) in [4.78, 5) is 28.4. The van der Waals surface area contributed by atoms with Crippen molar-refractivity contribution in [3.63, 3.8) is 0 Å². The van der Waals surface area contributed by atoms with Crippen LogP contribution in [0.25, 0.3) is 11.3 Å². The number of carbonyl (C=O) groups is 2. The Bertz CT molecular complexity index is 1120. The Hall–Kier alpha value is -3.35. The van der Waals surface area contributed by atoms with Crippen LogP contribution in [-0.4, -0.2) is 23.3 Å². The molecule has 7 heteroatoms. The second kappa shape index (κ2) is 9.20. The molecule has 0 aliphatic heterocycles. The molecule has 0 saturated heterocycles. The van der Waals surface area contributed by atoms with Crippen LogP contribution in [0, 0.1) is 11.6 Å². The number of ketones is 1. The fourth-order valence-corrected chi connectivity index (χ4v) is 3.66. The Morgan fingerprint density at radius 1 is 1.03 bits per heavy atom. The number of rotatable bonds is 7. The Morgan fingerprint density at radius 2 is 1.84 bits per heavy atom. The van der Waals surface area contributed by atoms with Gasteiger partial charge in [0.15, 0.2) is 24.0 Å². The monoisotopic (exact) mass is 425 g/mol. The van der Waals surface area contributed by atoms with Gasteiger partial charge in [0.2, 0.25) is 0 Å². The second-order valence-corrected chi connectivity index (χ2v) is 7.52. The van der Waals surface area contributed by atoms with Gasteiger partial charge in [-0.2, -0.15) is 0 Å². The molecule has 4 rings (SSSR count). The largest absolute Gasteiger partial charge is 0.457 e. The molecule has 0 N–H and O–H groups in total. The first-order valence-electron chi connectivity index (χ1n) is 10.2. The zero-order chi connectivity index (χ0) is 21.8. The highest BCUT2D eigenvalue weighted by atomic mass is 19.1. The van der Waals surface area contributed by atoms with Crippen LogP contribution in [0.4, 0.5) is 8.78 Å². The lowest BCUT2D eigenvalue weighted by atomic mass is 9.90. The van der Waals surface area contributed by atoms with Crippen LogP contribution in [0.3, 0.4) is 0 Å². The van der Waals surface area contributed by atoms with Crippen molar-refractivity contribution in [3.05, 3.63) is 76.8 Å². The summed E-state index contributed by atoms with van der Waals surface area (Å²) in [7, 11) is 0. The highest BCUT2D eigenvalue weighted by Crippen LogP contribution is 2.25. The van der Waals surface area contributed by atoms with Gasteiger partial charge in [-0.25, -0.2) is 13.8 Å². The maximum Gasteiger partial charge on any atom is 0.306 e. The zero-order valence-electron chi connectivity index (χ0n) is 16.8. The van der Waals surface area contributed by atoms with Crippen molar-refractivity contribution in [2.45, 2.75) is 38.5 Å². The highest BCUT2D eigenvalue weighted by Gasteiger charge is 2.16. The Kier molecular flexibility index (Phi) is 6.21. The molecule has 0 spiro atoms. The number of Topliss-reactive ketones (excluding diaryl/α,β-unsaturated/α-hetero) is 1. The van der Waals surface area contributed by atoms with E-state index in [1.54, 1.807) is 6.07 Å². The molecule has 0 amide bonds. The van der Waals surface area contributed by atoms with Gasteiger partial charge in [0.1, 0.15) is 11.6 Å². The average Bonchev–Trinajstić information content (AvgIpc) is 3.24. The molecule has 0 unspecified atom stereocenters. The molecular formula is C24H21F2NO4. The molecule has 31 heavy (non-hydrogen) atoms. The summed E-state index contributed by atoms with van der Waals surface area (Å²) in [6.07, 6.45) is 5.71. The molecule has 1 heterocycles. The maximum atomic E-state index is 13.8. The third-order valence-corrected chi connectivity index (χ3v) is 5.33. The van der Waals surface area contributed by atoms with E-state index in [1.807, 2.05) is 12.1 Å². The van der Waals surface area contributed by atoms with Crippen LogP contribution in [0.2, 0.25) is 0 Å². The number of carbonyl (C=O) groups excluding carboxylic acids is 2. The molecular weight excluding hydrogens is 404 g/mol. The van der Waals surface area contributed by atoms with Crippen LogP contribution in [0.1, 0.15) is 46.6 Å². The van der Waals surface area contributed by atoms with E-state index < -0.39 is 17.6 Å². The first-order chi connectivity index (χ1) is 15.0. The summed E-state index contributed by atoms with van der Waals surface area (Å²) in [5.74, 6) is -1.89. The molecule has 1 aromatic heterocycles. The predicted octanol–water partition coefficient (Wildman–Crippen LogP) is 4.86. The molecule has 0 saturated carbocycles. The highest BCUT2D eigenvalue weighted by molar-refractivity contribution is 5.98. The van der Waals surface area contributed by atoms with Gasteiger partial charge < -0.3 is 9.15 Å². The Morgan fingerprint density at radius 3 is 2.65 bits per heavy atom. The Balaban J connectivity index is 1.28. The SMILES string of the molecule is O=C(CCc1ncc(-c2ccc(F)cc2F)o1)OCC(=O)c1ccc2c(c1)CCCC2. The number of aryl methyl sites for hydroxylation is 3. The molecule has 0 fully saturated rings. The Labute approximate surface area is 178 Å². The fourth-order valence-electron chi connectivity index (χ4n) is 3.66. The number of esters is 1. The molecule has 3 aromatic rings. The number of aromatic nitrogens is 1. The lowest BCUT2D eigenvalue weighted by molar-refractivity contribution is -0.142. The summed E-state index contributed by atoms with van der Waals surface area (Å²) in [5, 5.41) is 0. The van der Waals surface area contributed by atoms with Gasteiger partial charge >= 0.3 is 5.97 Å². The summed E-state index contributed by atoms with van der Waals surface area (Å²) >= 11 is 0. The average molecular weight is 425 g/mol. The molecule has 1 aliphatic rings. The molecule has 0 radical (unpaired) electrons. The minimum Gasteiger partial charge on any atom is -0.457 e. The zero-order valence-corrected chi connectivity index (χ0v) is 16.8. The first-order valence-corrected chi connectivity index (χ1v) is 10.2. The van der Waals surface area contributed by atoms with E-state index in [-0.39, 0.29) is 42.4 Å². The van der Waals surface area contributed by atoms with E-state index >= 15 is 0 Å². The van der Waals surface area contributed by atoms with Crippen molar-refractivity contribution in [2.24, 2.45) is 0 Å². The van der Waals surface area contributed by atoms with Crippen molar-refractivity contribution in [1.29, 1.82) is 0 Å². The van der Waals surface area contributed by atoms with Gasteiger partial charge in [-0.3, -0.25) is 9.59 Å². The lowest BCUT2D eigenvalue weighted by Gasteiger charge is -2.16.